The zero-order valence-electron chi connectivity index (χ0n) is 11.5. The van der Waals surface area contributed by atoms with E-state index in [2.05, 4.69) is 5.32 Å². The number of carbonyl (C=O) groups is 3. The number of anilines is 1. The lowest BCUT2D eigenvalue weighted by Crippen LogP contribution is -2.34. The zero-order chi connectivity index (χ0) is 16.3. The number of aliphatic carboxylic acids is 1. The van der Waals surface area contributed by atoms with Crippen molar-refractivity contribution in [1.82, 2.24) is 0 Å². The molecule has 2 rings (SSSR count). The van der Waals surface area contributed by atoms with Gasteiger partial charge in [0.1, 0.15) is 0 Å². The van der Waals surface area contributed by atoms with E-state index in [1.807, 2.05) is 0 Å². The van der Waals surface area contributed by atoms with Crippen molar-refractivity contribution in [2.75, 3.05) is 5.32 Å². The van der Waals surface area contributed by atoms with Crippen molar-refractivity contribution in [3.8, 4) is 0 Å². The van der Waals surface area contributed by atoms with Crippen LogP contribution in [0.1, 0.15) is 23.2 Å². The Bertz CT molecular complexity index is 655. The molecule has 0 bridgehead atoms. The number of halogens is 1. The summed E-state index contributed by atoms with van der Waals surface area (Å²) in [5, 5.41) is 20.7. The Morgan fingerprint density at radius 3 is 2.27 bits per heavy atom. The number of carboxylic acids is 2. The van der Waals surface area contributed by atoms with E-state index in [0.29, 0.717) is 18.5 Å². The van der Waals surface area contributed by atoms with Gasteiger partial charge in [0, 0.05) is 5.69 Å². The van der Waals surface area contributed by atoms with Crippen LogP contribution in [0.15, 0.2) is 30.4 Å². The molecule has 1 aromatic rings. The van der Waals surface area contributed by atoms with E-state index in [0.717, 1.165) is 0 Å². The Labute approximate surface area is 131 Å². The minimum Gasteiger partial charge on any atom is -0.481 e. The van der Waals surface area contributed by atoms with Crippen LogP contribution < -0.4 is 5.32 Å². The molecule has 1 aliphatic carbocycles. The number of hydrogen-bond acceptors (Lipinski definition) is 3. The standard InChI is InChI=1S/C15H14ClNO5/c16-12-7-8(5-6-11(12)15(21)22)17-13(18)9-3-1-2-4-10(9)14(19)20/h1-2,5-7,9-10H,3-4H2,(H,17,18)(H,19,20)(H,21,22)/t9-,10+/m0/s1. The fourth-order valence-electron chi connectivity index (χ4n) is 2.38. The lowest BCUT2D eigenvalue weighted by Gasteiger charge is -2.24. The van der Waals surface area contributed by atoms with Crippen LogP contribution >= 0.6 is 11.6 Å². The lowest BCUT2D eigenvalue weighted by molar-refractivity contribution is -0.146. The van der Waals surface area contributed by atoms with Gasteiger partial charge < -0.3 is 15.5 Å². The number of carboxylic acid groups (broad SMARTS) is 2. The first-order chi connectivity index (χ1) is 10.4. The largest absolute Gasteiger partial charge is 0.481 e. The van der Waals surface area contributed by atoms with Crippen LogP contribution in [0.25, 0.3) is 0 Å². The Morgan fingerprint density at radius 1 is 1.09 bits per heavy atom. The van der Waals surface area contributed by atoms with Gasteiger partial charge in [0.05, 0.1) is 22.4 Å². The molecule has 0 spiro atoms. The van der Waals surface area contributed by atoms with Gasteiger partial charge in [0.25, 0.3) is 0 Å². The highest BCUT2D eigenvalue weighted by Crippen LogP contribution is 2.28. The summed E-state index contributed by atoms with van der Waals surface area (Å²) in [5.41, 5.74) is 0.266. The van der Waals surface area contributed by atoms with Gasteiger partial charge in [-0.25, -0.2) is 4.79 Å². The number of rotatable bonds is 4. The highest BCUT2D eigenvalue weighted by Gasteiger charge is 2.34. The maximum Gasteiger partial charge on any atom is 0.337 e. The van der Waals surface area contributed by atoms with Crippen molar-refractivity contribution in [2.45, 2.75) is 12.8 Å². The molecule has 0 unspecified atom stereocenters. The van der Waals surface area contributed by atoms with Crippen molar-refractivity contribution in [2.24, 2.45) is 11.8 Å². The van der Waals surface area contributed by atoms with Crippen LogP contribution in [-0.2, 0) is 9.59 Å². The van der Waals surface area contributed by atoms with Gasteiger partial charge >= 0.3 is 11.9 Å². The predicted molar refractivity (Wildman–Crippen MR) is 80.0 cm³/mol. The Hall–Kier alpha value is -2.34. The molecule has 116 valence electrons. The third kappa shape index (κ3) is 3.46. The van der Waals surface area contributed by atoms with Crippen molar-refractivity contribution in [3.63, 3.8) is 0 Å². The fraction of sp³-hybridized carbons (Fsp3) is 0.267. The van der Waals surface area contributed by atoms with Gasteiger partial charge in [-0.1, -0.05) is 23.8 Å². The summed E-state index contributed by atoms with van der Waals surface area (Å²) < 4.78 is 0. The van der Waals surface area contributed by atoms with Crippen LogP contribution in [0.2, 0.25) is 5.02 Å². The number of carbonyl (C=O) groups excluding carboxylic acids is 1. The Balaban J connectivity index is 2.14. The quantitative estimate of drug-likeness (QED) is 0.739. The van der Waals surface area contributed by atoms with Crippen LogP contribution in [0.4, 0.5) is 5.69 Å². The second-order valence-corrected chi connectivity index (χ2v) is 5.39. The van der Waals surface area contributed by atoms with Crippen LogP contribution in [-0.4, -0.2) is 28.1 Å². The summed E-state index contributed by atoms with van der Waals surface area (Å²) in [6, 6.07) is 4.04. The van der Waals surface area contributed by atoms with Crippen LogP contribution in [0.3, 0.4) is 0 Å². The highest BCUT2D eigenvalue weighted by atomic mass is 35.5. The van der Waals surface area contributed by atoms with E-state index in [-0.39, 0.29) is 10.6 Å². The molecular weight excluding hydrogens is 310 g/mol. The number of aromatic carboxylic acids is 1. The third-order valence-electron chi connectivity index (χ3n) is 3.55. The summed E-state index contributed by atoms with van der Waals surface area (Å²) in [5.74, 6) is -4.02. The second-order valence-electron chi connectivity index (χ2n) is 4.98. The Kier molecular flexibility index (Phi) is 4.82. The monoisotopic (exact) mass is 323 g/mol. The smallest absolute Gasteiger partial charge is 0.337 e. The number of nitrogens with one attached hydrogen (secondary N) is 1. The highest BCUT2D eigenvalue weighted by molar-refractivity contribution is 6.33. The third-order valence-corrected chi connectivity index (χ3v) is 3.87. The van der Waals surface area contributed by atoms with Gasteiger partial charge in [-0.05, 0) is 31.0 Å². The van der Waals surface area contributed by atoms with E-state index in [1.54, 1.807) is 12.2 Å². The van der Waals surface area contributed by atoms with Gasteiger partial charge in [-0.2, -0.15) is 0 Å². The normalized spacial score (nSPS) is 20.4. The first-order valence-electron chi connectivity index (χ1n) is 6.61. The molecule has 0 radical (unpaired) electrons. The lowest BCUT2D eigenvalue weighted by atomic mass is 9.82. The number of hydrogen-bond donors (Lipinski definition) is 3. The molecular formula is C15H14ClNO5. The van der Waals surface area contributed by atoms with E-state index >= 15 is 0 Å². The van der Waals surface area contributed by atoms with Crippen molar-refractivity contribution in [3.05, 3.63) is 40.9 Å². The molecule has 7 heteroatoms. The molecule has 22 heavy (non-hydrogen) atoms. The topological polar surface area (TPSA) is 104 Å². The van der Waals surface area contributed by atoms with Crippen molar-refractivity contribution < 1.29 is 24.6 Å². The minimum atomic E-state index is -1.16. The molecule has 0 fully saturated rings. The minimum absolute atomic E-state index is 0.00336. The molecule has 1 amide bonds. The summed E-state index contributed by atoms with van der Waals surface area (Å²) in [6.45, 7) is 0. The van der Waals surface area contributed by atoms with E-state index < -0.39 is 29.7 Å². The average molecular weight is 324 g/mol. The van der Waals surface area contributed by atoms with Crippen molar-refractivity contribution in [1.29, 1.82) is 0 Å². The number of allylic oxidation sites excluding steroid dienone is 2. The van der Waals surface area contributed by atoms with Crippen molar-refractivity contribution >= 4 is 35.1 Å². The van der Waals surface area contributed by atoms with E-state index in [9.17, 15) is 14.4 Å². The SMILES string of the molecule is O=C(O)c1ccc(NC(=O)[C@H]2CC=CC[C@H]2C(=O)O)cc1Cl. The van der Waals surface area contributed by atoms with Gasteiger partial charge in [-0.15, -0.1) is 0 Å². The maximum absolute atomic E-state index is 12.2. The summed E-state index contributed by atoms with van der Waals surface area (Å²) >= 11 is 5.84. The van der Waals surface area contributed by atoms with Crippen LogP contribution in [0.5, 0.6) is 0 Å². The zero-order valence-corrected chi connectivity index (χ0v) is 12.2. The summed E-state index contributed by atoms with van der Waals surface area (Å²) in [4.78, 5) is 34.3. The molecule has 6 nitrogen and oxygen atoms in total. The van der Waals surface area contributed by atoms with E-state index in [4.69, 9.17) is 21.8 Å². The van der Waals surface area contributed by atoms with Gasteiger partial charge in [0.15, 0.2) is 0 Å². The average Bonchev–Trinajstić information content (AvgIpc) is 2.46. The fourth-order valence-corrected chi connectivity index (χ4v) is 2.64. The second kappa shape index (κ2) is 6.62. The number of amides is 1. The molecule has 0 aliphatic heterocycles. The van der Waals surface area contributed by atoms with Gasteiger partial charge in [-0.3, -0.25) is 9.59 Å². The van der Waals surface area contributed by atoms with Crippen LogP contribution in [0, 0.1) is 11.8 Å². The summed E-state index contributed by atoms with van der Waals surface area (Å²) in [7, 11) is 0. The van der Waals surface area contributed by atoms with E-state index in [1.165, 1.54) is 18.2 Å². The Morgan fingerprint density at radius 2 is 1.73 bits per heavy atom. The number of benzene rings is 1. The molecule has 0 aromatic heterocycles. The summed E-state index contributed by atoms with van der Waals surface area (Å²) in [6.07, 6.45) is 4.20. The molecule has 1 aliphatic rings. The molecule has 1 aromatic carbocycles. The molecule has 0 saturated carbocycles. The molecule has 0 saturated heterocycles. The maximum atomic E-state index is 12.2. The predicted octanol–water partition coefficient (Wildman–Crippen LogP) is 2.64. The molecule has 2 atom stereocenters. The molecule has 0 heterocycles. The molecule has 3 N–H and O–H groups in total. The first-order valence-corrected chi connectivity index (χ1v) is 6.99. The van der Waals surface area contributed by atoms with Gasteiger partial charge in [0.2, 0.25) is 5.91 Å². The first kappa shape index (κ1) is 16.0.